The second kappa shape index (κ2) is 4.78. The zero-order valence-corrected chi connectivity index (χ0v) is 12.2. The molecule has 2 aliphatic rings. The maximum atomic E-state index is 13.1. The van der Waals surface area contributed by atoms with Crippen molar-refractivity contribution < 1.29 is 22.4 Å². The van der Waals surface area contributed by atoms with Gasteiger partial charge in [-0.2, -0.15) is 18.2 Å². The predicted octanol–water partition coefficient (Wildman–Crippen LogP) is 3.18. The van der Waals surface area contributed by atoms with Crippen LogP contribution < -0.4 is 5.32 Å². The van der Waals surface area contributed by atoms with Crippen LogP contribution in [0.25, 0.3) is 11.4 Å². The Bertz CT molecular complexity index is 818. The standard InChI is InChI=1S/C15H12F4N4O/c16-10-6-14(5-9(10)14)12(24)21-13-20-11(22-23-13)7-2-1-3-8(4-7)15(17,18)19/h1-4,9-10H,5-6H2,(H2,20,21,22,23,24)/t9-,10+,14-/m0/s1. The number of amides is 1. The van der Waals surface area contributed by atoms with E-state index in [0.717, 1.165) is 12.1 Å². The monoisotopic (exact) mass is 340 g/mol. The minimum Gasteiger partial charge on any atom is -0.293 e. The van der Waals surface area contributed by atoms with Crippen LogP contribution in [0.3, 0.4) is 0 Å². The molecule has 2 aromatic rings. The van der Waals surface area contributed by atoms with Crippen LogP contribution in [-0.2, 0) is 11.0 Å². The number of alkyl halides is 4. The molecule has 1 amide bonds. The number of halogens is 4. The first-order valence-corrected chi connectivity index (χ1v) is 7.35. The molecular formula is C15H12F4N4O. The number of aromatic amines is 1. The van der Waals surface area contributed by atoms with E-state index in [9.17, 15) is 22.4 Å². The summed E-state index contributed by atoms with van der Waals surface area (Å²) >= 11 is 0. The molecule has 0 saturated heterocycles. The number of hydrogen-bond acceptors (Lipinski definition) is 3. The van der Waals surface area contributed by atoms with Crippen molar-refractivity contribution in [1.29, 1.82) is 0 Å². The van der Waals surface area contributed by atoms with E-state index in [2.05, 4.69) is 20.5 Å². The summed E-state index contributed by atoms with van der Waals surface area (Å²) in [6.45, 7) is 0. The second-order valence-electron chi connectivity index (χ2n) is 6.23. The van der Waals surface area contributed by atoms with E-state index in [1.807, 2.05) is 0 Å². The molecule has 2 fully saturated rings. The molecule has 5 nitrogen and oxygen atoms in total. The van der Waals surface area contributed by atoms with E-state index in [1.54, 1.807) is 0 Å². The predicted molar refractivity (Wildman–Crippen MR) is 75.5 cm³/mol. The molecule has 2 aliphatic carbocycles. The van der Waals surface area contributed by atoms with Crippen molar-refractivity contribution in [2.45, 2.75) is 25.2 Å². The van der Waals surface area contributed by atoms with Crippen LogP contribution in [0.2, 0.25) is 0 Å². The van der Waals surface area contributed by atoms with Gasteiger partial charge in [0.05, 0.1) is 11.0 Å². The Labute approximate surface area is 133 Å². The number of rotatable bonds is 3. The molecule has 2 N–H and O–H groups in total. The average Bonchev–Trinajstić information content (AvgIpc) is 2.91. The van der Waals surface area contributed by atoms with Crippen LogP contribution in [0, 0.1) is 11.3 Å². The average molecular weight is 340 g/mol. The fourth-order valence-electron chi connectivity index (χ4n) is 3.24. The number of anilines is 1. The first-order chi connectivity index (χ1) is 11.3. The highest BCUT2D eigenvalue weighted by molar-refractivity contribution is 5.97. The van der Waals surface area contributed by atoms with Crippen LogP contribution in [0.1, 0.15) is 18.4 Å². The molecule has 0 spiro atoms. The van der Waals surface area contributed by atoms with Gasteiger partial charge in [-0.1, -0.05) is 12.1 Å². The molecule has 3 atom stereocenters. The lowest BCUT2D eigenvalue weighted by molar-refractivity contribution is -0.137. The molecule has 0 unspecified atom stereocenters. The van der Waals surface area contributed by atoms with Crippen LogP contribution in [0.4, 0.5) is 23.5 Å². The highest BCUT2D eigenvalue weighted by atomic mass is 19.4. The molecule has 0 aliphatic heterocycles. The summed E-state index contributed by atoms with van der Waals surface area (Å²) < 4.78 is 51.4. The van der Waals surface area contributed by atoms with Gasteiger partial charge in [-0.3, -0.25) is 15.2 Å². The van der Waals surface area contributed by atoms with Crippen LogP contribution >= 0.6 is 0 Å². The molecule has 1 aromatic heterocycles. The van der Waals surface area contributed by atoms with Gasteiger partial charge >= 0.3 is 6.18 Å². The first kappa shape index (κ1) is 15.1. The van der Waals surface area contributed by atoms with Crippen molar-refractivity contribution in [1.82, 2.24) is 15.2 Å². The summed E-state index contributed by atoms with van der Waals surface area (Å²) in [5.74, 6) is -0.483. The SMILES string of the molecule is O=C(Nc1n[nH]c(-c2cccc(C(F)(F)F)c2)n1)[C@@]12C[C@@H](F)[C@@H]1C2. The van der Waals surface area contributed by atoms with Crippen LogP contribution in [0.15, 0.2) is 24.3 Å². The Balaban J connectivity index is 1.50. The molecule has 1 aromatic carbocycles. The third kappa shape index (κ3) is 2.26. The van der Waals surface area contributed by atoms with E-state index < -0.39 is 23.3 Å². The lowest BCUT2D eigenvalue weighted by Gasteiger charge is -2.27. The number of nitrogens with one attached hydrogen (secondary N) is 2. The van der Waals surface area contributed by atoms with E-state index >= 15 is 0 Å². The number of carbonyl (C=O) groups is 1. The van der Waals surface area contributed by atoms with Crippen LogP contribution in [0.5, 0.6) is 0 Å². The van der Waals surface area contributed by atoms with Crippen molar-refractivity contribution in [2.75, 3.05) is 5.32 Å². The summed E-state index contributed by atoms with van der Waals surface area (Å²) in [7, 11) is 0. The summed E-state index contributed by atoms with van der Waals surface area (Å²) in [4.78, 5) is 16.1. The zero-order chi connectivity index (χ0) is 17.1. The third-order valence-electron chi connectivity index (χ3n) is 4.76. The van der Waals surface area contributed by atoms with Gasteiger partial charge in [-0.05, 0) is 25.0 Å². The Kier molecular flexibility index (Phi) is 3.01. The summed E-state index contributed by atoms with van der Waals surface area (Å²) in [5.41, 5.74) is -1.24. The molecule has 24 heavy (non-hydrogen) atoms. The second-order valence-corrected chi connectivity index (χ2v) is 6.23. The number of H-pyrrole nitrogens is 1. The first-order valence-electron chi connectivity index (χ1n) is 7.35. The van der Waals surface area contributed by atoms with E-state index in [1.165, 1.54) is 12.1 Å². The lowest BCUT2D eigenvalue weighted by Crippen LogP contribution is -2.38. The highest BCUT2D eigenvalue weighted by Crippen LogP contribution is 2.68. The van der Waals surface area contributed by atoms with Crippen molar-refractivity contribution in [2.24, 2.45) is 11.3 Å². The number of nitrogens with zero attached hydrogens (tertiary/aromatic N) is 2. The largest absolute Gasteiger partial charge is 0.416 e. The van der Waals surface area contributed by atoms with Gasteiger partial charge < -0.3 is 0 Å². The van der Waals surface area contributed by atoms with Crippen molar-refractivity contribution in [3.8, 4) is 11.4 Å². The van der Waals surface area contributed by atoms with E-state index in [0.29, 0.717) is 6.42 Å². The minimum absolute atomic E-state index is 0.0326. The van der Waals surface area contributed by atoms with Gasteiger partial charge in [-0.15, -0.1) is 5.10 Å². The van der Waals surface area contributed by atoms with Gasteiger partial charge in [0.2, 0.25) is 11.9 Å². The van der Waals surface area contributed by atoms with Gasteiger partial charge in [0.15, 0.2) is 5.82 Å². The number of carbonyl (C=O) groups excluding carboxylic acids is 1. The Morgan fingerprint density at radius 3 is 2.75 bits per heavy atom. The van der Waals surface area contributed by atoms with E-state index in [4.69, 9.17) is 0 Å². The molecule has 0 bridgehead atoms. The van der Waals surface area contributed by atoms with Crippen LogP contribution in [-0.4, -0.2) is 27.3 Å². The Morgan fingerprint density at radius 1 is 1.33 bits per heavy atom. The normalized spacial score (nSPS) is 28.0. The number of hydrogen-bond donors (Lipinski definition) is 2. The fourth-order valence-corrected chi connectivity index (χ4v) is 3.24. The quantitative estimate of drug-likeness (QED) is 0.843. The molecule has 0 radical (unpaired) electrons. The minimum atomic E-state index is -4.46. The Morgan fingerprint density at radius 2 is 2.12 bits per heavy atom. The number of aromatic nitrogens is 3. The summed E-state index contributed by atoms with van der Waals surface area (Å²) in [6.07, 6.45) is -4.66. The molecular weight excluding hydrogens is 328 g/mol. The third-order valence-corrected chi connectivity index (χ3v) is 4.76. The molecule has 2 saturated carbocycles. The number of fused-ring (bicyclic) bond motifs is 1. The van der Waals surface area contributed by atoms with Crippen molar-refractivity contribution in [3.63, 3.8) is 0 Å². The van der Waals surface area contributed by atoms with E-state index in [-0.39, 0.29) is 35.6 Å². The van der Waals surface area contributed by atoms with Gasteiger partial charge in [-0.25, -0.2) is 4.39 Å². The Hall–Kier alpha value is -2.45. The van der Waals surface area contributed by atoms with Gasteiger partial charge in [0.1, 0.15) is 6.17 Å². The van der Waals surface area contributed by atoms with Gasteiger partial charge in [0.25, 0.3) is 0 Å². The molecule has 126 valence electrons. The maximum absolute atomic E-state index is 13.1. The molecule has 4 rings (SSSR count). The molecule has 9 heteroatoms. The van der Waals surface area contributed by atoms with Crippen molar-refractivity contribution in [3.05, 3.63) is 29.8 Å². The molecule has 1 heterocycles. The highest BCUT2D eigenvalue weighted by Gasteiger charge is 2.72. The van der Waals surface area contributed by atoms with Crippen molar-refractivity contribution >= 4 is 11.9 Å². The smallest absolute Gasteiger partial charge is 0.293 e. The zero-order valence-electron chi connectivity index (χ0n) is 12.2. The maximum Gasteiger partial charge on any atom is 0.416 e. The lowest BCUT2D eigenvalue weighted by atomic mass is 9.82. The van der Waals surface area contributed by atoms with Gasteiger partial charge in [0, 0.05) is 11.5 Å². The summed E-state index contributed by atoms with van der Waals surface area (Å²) in [6, 6.07) is 4.62. The topological polar surface area (TPSA) is 70.7 Å². The fraction of sp³-hybridized carbons (Fsp3) is 0.400. The summed E-state index contributed by atoms with van der Waals surface area (Å²) in [5, 5.41) is 8.79. The number of benzene rings is 1.